The summed E-state index contributed by atoms with van der Waals surface area (Å²) in [6.07, 6.45) is 1.78. The van der Waals surface area contributed by atoms with Crippen molar-refractivity contribution in [3.05, 3.63) is 29.3 Å². The molecule has 1 amide bonds. The highest BCUT2D eigenvalue weighted by molar-refractivity contribution is 8.00. The summed E-state index contributed by atoms with van der Waals surface area (Å²) in [7, 11) is 0. The average Bonchev–Trinajstić information content (AvgIpc) is 2.44. The maximum atomic E-state index is 12.1. The number of nitrogens with zero attached hydrogens (tertiary/aromatic N) is 1. The first kappa shape index (κ1) is 15.6. The number of benzene rings is 1. The van der Waals surface area contributed by atoms with E-state index in [2.05, 4.69) is 19.2 Å². The first-order valence-corrected chi connectivity index (χ1v) is 7.59. The van der Waals surface area contributed by atoms with Gasteiger partial charge in [-0.3, -0.25) is 4.79 Å². The van der Waals surface area contributed by atoms with Crippen molar-refractivity contribution in [3.8, 4) is 6.07 Å². The fourth-order valence-electron chi connectivity index (χ4n) is 1.87. The summed E-state index contributed by atoms with van der Waals surface area (Å²) < 4.78 is 0. The minimum absolute atomic E-state index is 0.0316. The van der Waals surface area contributed by atoms with Gasteiger partial charge in [0.05, 0.1) is 17.1 Å². The average molecular weight is 276 g/mol. The van der Waals surface area contributed by atoms with Gasteiger partial charge in [-0.1, -0.05) is 32.0 Å². The third kappa shape index (κ3) is 4.29. The second-order valence-corrected chi connectivity index (χ2v) is 5.59. The predicted octanol–water partition coefficient (Wildman–Crippen LogP) is 3.40. The van der Waals surface area contributed by atoms with E-state index in [9.17, 15) is 4.79 Å². The van der Waals surface area contributed by atoms with Crippen LogP contribution in [0.4, 0.5) is 5.69 Å². The standard InChI is InChI=1S/C15H20N2OS/c1-4-12-7-6-8-13(5-2)14(12)17-15(18)11(3)19-10-9-16/h6-8,11H,4-5,10H2,1-3H3,(H,17,18). The van der Waals surface area contributed by atoms with Gasteiger partial charge in [0.1, 0.15) is 0 Å². The van der Waals surface area contributed by atoms with Crippen LogP contribution in [0, 0.1) is 11.3 Å². The van der Waals surface area contributed by atoms with Crippen molar-refractivity contribution in [2.24, 2.45) is 0 Å². The van der Waals surface area contributed by atoms with Gasteiger partial charge in [0.25, 0.3) is 0 Å². The van der Waals surface area contributed by atoms with Crippen LogP contribution in [0.2, 0.25) is 0 Å². The van der Waals surface area contributed by atoms with E-state index in [0.29, 0.717) is 5.75 Å². The van der Waals surface area contributed by atoms with Crippen LogP contribution in [0.25, 0.3) is 0 Å². The molecule has 1 unspecified atom stereocenters. The molecule has 0 fully saturated rings. The van der Waals surface area contributed by atoms with Crippen molar-refractivity contribution in [2.75, 3.05) is 11.1 Å². The van der Waals surface area contributed by atoms with Crippen LogP contribution in [0.1, 0.15) is 31.9 Å². The van der Waals surface area contributed by atoms with Crippen LogP contribution >= 0.6 is 11.8 Å². The highest BCUT2D eigenvalue weighted by Crippen LogP contribution is 2.23. The predicted molar refractivity (Wildman–Crippen MR) is 81.4 cm³/mol. The monoisotopic (exact) mass is 276 g/mol. The number of aryl methyl sites for hydroxylation is 2. The summed E-state index contributed by atoms with van der Waals surface area (Å²) in [6, 6.07) is 8.16. The van der Waals surface area contributed by atoms with E-state index >= 15 is 0 Å². The number of anilines is 1. The lowest BCUT2D eigenvalue weighted by atomic mass is 10.0. The third-order valence-electron chi connectivity index (χ3n) is 3.01. The molecule has 1 atom stereocenters. The molecule has 1 aromatic rings. The number of amides is 1. The van der Waals surface area contributed by atoms with Gasteiger partial charge in [0, 0.05) is 5.69 Å². The van der Waals surface area contributed by atoms with E-state index in [1.807, 2.05) is 31.2 Å². The van der Waals surface area contributed by atoms with E-state index in [0.717, 1.165) is 29.7 Å². The Hall–Kier alpha value is -1.47. The minimum Gasteiger partial charge on any atom is -0.325 e. The topological polar surface area (TPSA) is 52.9 Å². The van der Waals surface area contributed by atoms with Crippen LogP contribution in [0.3, 0.4) is 0 Å². The van der Waals surface area contributed by atoms with Crippen molar-refractivity contribution in [1.82, 2.24) is 0 Å². The lowest BCUT2D eigenvalue weighted by molar-refractivity contribution is -0.115. The van der Waals surface area contributed by atoms with Gasteiger partial charge in [-0.25, -0.2) is 0 Å². The quantitative estimate of drug-likeness (QED) is 0.866. The molecule has 102 valence electrons. The van der Waals surface area contributed by atoms with Crippen molar-refractivity contribution in [1.29, 1.82) is 5.26 Å². The van der Waals surface area contributed by atoms with E-state index in [4.69, 9.17) is 5.26 Å². The fraction of sp³-hybridized carbons (Fsp3) is 0.467. The van der Waals surface area contributed by atoms with Gasteiger partial charge in [-0.2, -0.15) is 5.26 Å². The zero-order valence-corrected chi connectivity index (χ0v) is 12.5. The summed E-state index contributed by atoms with van der Waals surface area (Å²) in [5.41, 5.74) is 3.26. The molecule has 0 saturated carbocycles. The van der Waals surface area contributed by atoms with E-state index in [1.165, 1.54) is 11.8 Å². The van der Waals surface area contributed by atoms with Crippen molar-refractivity contribution >= 4 is 23.4 Å². The first-order chi connectivity index (χ1) is 9.13. The Kier molecular flexibility index (Phi) is 6.44. The molecule has 0 aliphatic heterocycles. The lowest BCUT2D eigenvalue weighted by Gasteiger charge is -2.16. The van der Waals surface area contributed by atoms with Crippen LogP contribution < -0.4 is 5.32 Å². The summed E-state index contributed by atoms with van der Waals surface area (Å²) in [4.78, 5) is 12.1. The van der Waals surface area contributed by atoms with E-state index in [-0.39, 0.29) is 11.2 Å². The van der Waals surface area contributed by atoms with Gasteiger partial charge in [0.15, 0.2) is 0 Å². The molecule has 0 radical (unpaired) electrons. The molecular weight excluding hydrogens is 256 g/mol. The van der Waals surface area contributed by atoms with Crippen LogP contribution in [0.15, 0.2) is 18.2 Å². The molecule has 19 heavy (non-hydrogen) atoms. The second kappa shape index (κ2) is 7.85. The Bertz CT molecular complexity index is 457. The Morgan fingerprint density at radius 1 is 1.37 bits per heavy atom. The molecule has 1 rings (SSSR count). The first-order valence-electron chi connectivity index (χ1n) is 6.54. The maximum absolute atomic E-state index is 12.1. The van der Waals surface area contributed by atoms with Crippen molar-refractivity contribution < 1.29 is 4.79 Å². The summed E-state index contributed by atoms with van der Waals surface area (Å²) >= 11 is 1.36. The van der Waals surface area contributed by atoms with E-state index < -0.39 is 0 Å². The molecule has 0 spiro atoms. The molecule has 0 aliphatic carbocycles. The fourth-order valence-corrected chi connectivity index (χ4v) is 2.40. The molecule has 0 heterocycles. The van der Waals surface area contributed by atoms with Gasteiger partial charge in [0.2, 0.25) is 5.91 Å². The molecule has 0 aliphatic rings. The highest BCUT2D eigenvalue weighted by Gasteiger charge is 2.16. The molecule has 0 saturated heterocycles. The van der Waals surface area contributed by atoms with Crippen LogP contribution in [-0.2, 0) is 17.6 Å². The van der Waals surface area contributed by atoms with E-state index in [1.54, 1.807) is 0 Å². The normalized spacial score (nSPS) is 11.7. The number of hydrogen-bond donors (Lipinski definition) is 1. The number of nitriles is 1. The molecule has 3 nitrogen and oxygen atoms in total. The van der Waals surface area contributed by atoms with Gasteiger partial charge < -0.3 is 5.32 Å². The van der Waals surface area contributed by atoms with Crippen LogP contribution in [0.5, 0.6) is 0 Å². The number of hydrogen-bond acceptors (Lipinski definition) is 3. The molecule has 1 aromatic carbocycles. The smallest absolute Gasteiger partial charge is 0.237 e. The molecule has 4 heteroatoms. The van der Waals surface area contributed by atoms with Gasteiger partial charge in [-0.15, -0.1) is 11.8 Å². The van der Waals surface area contributed by atoms with Gasteiger partial charge >= 0.3 is 0 Å². The minimum atomic E-state index is -0.214. The number of thioether (sulfide) groups is 1. The SMILES string of the molecule is CCc1cccc(CC)c1NC(=O)C(C)SCC#N. The number of para-hydroxylation sites is 1. The highest BCUT2D eigenvalue weighted by atomic mass is 32.2. The number of carbonyl (C=O) groups excluding carboxylic acids is 1. The third-order valence-corrected chi connectivity index (χ3v) is 4.02. The number of rotatable bonds is 6. The summed E-state index contributed by atoms with van der Waals surface area (Å²) in [5.74, 6) is 0.306. The summed E-state index contributed by atoms with van der Waals surface area (Å²) in [5, 5.41) is 11.4. The Morgan fingerprint density at radius 3 is 2.42 bits per heavy atom. The largest absolute Gasteiger partial charge is 0.325 e. The maximum Gasteiger partial charge on any atom is 0.237 e. The molecule has 0 aromatic heterocycles. The zero-order chi connectivity index (χ0) is 14.3. The molecular formula is C15H20N2OS. The number of carbonyl (C=O) groups is 1. The molecule has 0 bridgehead atoms. The number of nitrogens with one attached hydrogen (secondary N) is 1. The van der Waals surface area contributed by atoms with Crippen molar-refractivity contribution in [2.45, 2.75) is 38.9 Å². The molecule has 1 N–H and O–H groups in total. The zero-order valence-electron chi connectivity index (χ0n) is 11.7. The Balaban J connectivity index is 2.86. The Morgan fingerprint density at radius 2 is 1.95 bits per heavy atom. The second-order valence-electron chi connectivity index (χ2n) is 4.26. The van der Waals surface area contributed by atoms with Gasteiger partial charge in [-0.05, 0) is 30.9 Å². The van der Waals surface area contributed by atoms with Crippen molar-refractivity contribution in [3.63, 3.8) is 0 Å². The van der Waals surface area contributed by atoms with Crippen LogP contribution in [-0.4, -0.2) is 16.9 Å². The Labute approximate surface area is 119 Å². The lowest BCUT2D eigenvalue weighted by Crippen LogP contribution is -2.24. The summed E-state index contributed by atoms with van der Waals surface area (Å²) in [6.45, 7) is 5.99.